The van der Waals surface area contributed by atoms with Crippen molar-refractivity contribution in [2.75, 3.05) is 0 Å². The van der Waals surface area contributed by atoms with Gasteiger partial charge in [0.25, 0.3) is 0 Å². The van der Waals surface area contributed by atoms with Crippen molar-refractivity contribution in [3.63, 3.8) is 0 Å². The van der Waals surface area contributed by atoms with Crippen LogP contribution in [0.3, 0.4) is 0 Å². The van der Waals surface area contributed by atoms with E-state index in [4.69, 9.17) is 0 Å². The molecule has 0 aliphatic heterocycles. The Hall–Kier alpha value is -2.23. The SMILES string of the molecule is Cc1ncc2c(n1)CCCC2NC(=O)CCc1ccccc1. The standard InChI is InChI=1S/C18H21N3O/c1-13-19-12-15-16(20-13)8-5-9-17(15)21-18(22)11-10-14-6-3-2-4-7-14/h2-4,6-7,12,17H,5,8-11H2,1H3,(H,21,22). The maximum Gasteiger partial charge on any atom is 0.220 e. The number of hydrogen-bond acceptors (Lipinski definition) is 3. The first kappa shape index (κ1) is 14.7. The Morgan fingerprint density at radius 1 is 1.32 bits per heavy atom. The fraction of sp³-hybridized carbons (Fsp3) is 0.389. The molecule has 1 aliphatic rings. The van der Waals surface area contributed by atoms with Crippen molar-refractivity contribution in [3.05, 3.63) is 59.2 Å². The Bertz CT molecular complexity index is 655. The van der Waals surface area contributed by atoms with Gasteiger partial charge in [0.2, 0.25) is 5.91 Å². The molecule has 0 bridgehead atoms. The van der Waals surface area contributed by atoms with Gasteiger partial charge in [0.05, 0.1) is 6.04 Å². The minimum Gasteiger partial charge on any atom is -0.349 e. The van der Waals surface area contributed by atoms with Gasteiger partial charge < -0.3 is 5.32 Å². The number of fused-ring (bicyclic) bond motifs is 1. The molecule has 1 aromatic heterocycles. The Balaban J connectivity index is 1.61. The number of carbonyl (C=O) groups is 1. The number of benzene rings is 1. The fourth-order valence-electron chi connectivity index (χ4n) is 2.97. The van der Waals surface area contributed by atoms with Gasteiger partial charge in [-0.3, -0.25) is 4.79 Å². The maximum absolute atomic E-state index is 12.2. The van der Waals surface area contributed by atoms with Gasteiger partial charge in [-0.25, -0.2) is 9.97 Å². The topological polar surface area (TPSA) is 54.9 Å². The lowest BCUT2D eigenvalue weighted by Crippen LogP contribution is -2.31. The summed E-state index contributed by atoms with van der Waals surface area (Å²) >= 11 is 0. The van der Waals surface area contributed by atoms with Crippen LogP contribution < -0.4 is 5.32 Å². The van der Waals surface area contributed by atoms with E-state index in [1.165, 1.54) is 5.56 Å². The molecule has 1 amide bonds. The fourth-order valence-corrected chi connectivity index (χ4v) is 2.97. The smallest absolute Gasteiger partial charge is 0.220 e. The summed E-state index contributed by atoms with van der Waals surface area (Å²) in [5.41, 5.74) is 3.37. The molecule has 0 spiro atoms. The van der Waals surface area contributed by atoms with Crippen molar-refractivity contribution in [3.8, 4) is 0 Å². The third-order valence-corrected chi connectivity index (χ3v) is 4.12. The molecule has 22 heavy (non-hydrogen) atoms. The van der Waals surface area contributed by atoms with E-state index >= 15 is 0 Å². The summed E-state index contributed by atoms with van der Waals surface area (Å²) in [7, 11) is 0. The van der Waals surface area contributed by atoms with E-state index in [1.807, 2.05) is 31.3 Å². The molecule has 3 rings (SSSR count). The molecule has 1 aliphatic carbocycles. The van der Waals surface area contributed by atoms with Crippen LogP contribution in [0, 0.1) is 6.92 Å². The second-order valence-electron chi connectivity index (χ2n) is 5.82. The van der Waals surface area contributed by atoms with Crippen LogP contribution in [-0.2, 0) is 17.6 Å². The molecule has 1 unspecified atom stereocenters. The molecule has 0 saturated carbocycles. The molecular weight excluding hydrogens is 274 g/mol. The van der Waals surface area contributed by atoms with Gasteiger partial charge in [-0.2, -0.15) is 0 Å². The number of aromatic nitrogens is 2. The van der Waals surface area contributed by atoms with Gasteiger partial charge in [-0.05, 0) is 38.2 Å². The van der Waals surface area contributed by atoms with Gasteiger partial charge in [-0.1, -0.05) is 30.3 Å². The first-order valence-corrected chi connectivity index (χ1v) is 7.88. The zero-order valence-electron chi connectivity index (χ0n) is 12.9. The first-order chi connectivity index (χ1) is 10.7. The van der Waals surface area contributed by atoms with Crippen molar-refractivity contribution in [1.82, 2.24) is 15.3 Å². The molecule has 1 heterocycles. The van der Waals surface area contributed by atoms with E-state index in [2.05, 4.69) is 27.4 Å². The van der Waals surface area contributed by atoms with Crippen molar-refractivity contribution < 1.29 is 4.79 Å². The lowest BCUT2D eigenvalue weighted by molar-refractivity contribution is -0.121. The summed E-state index contributed by atoms with van der Waals surface area (Å²) in [6.07, 6.45) is 6.18. The predicted molar refractivity (Wildman–Crippen MR) is 85.4 cm³/mol. The minimum absolute atomic E-state index is 0.0626. The van der Waals surface area contributed by atoms with Gasteiger partial charge in [0, 0.05) is 23.9 Å². The summed E-state index contributed by atoms with van der Waals surface area (Å²) < 4.78 is 0. The zero-order valence-corrected chi connectivity index (χ0v) is 12.9. The van der Waals surface area contributed by atoms with E-state index in [0.717, 1.165) is 42.8 Å². The molecule has 1 N–H and O–H groups in total. The van der Waals surface area contributed by atoms with Crippen LogP contribution in [0.2, 0.25) is 0 Å². The van der Waals surface area contributed by atoms with Crippen molar-refractivity contribution in [1.29, 1.82) is 0 Å². The molecule has 4 nitrogen and oxygen atoms in total. The maximum atomic E-state index is 12.2. The largest absolute Gasteiger partial charge is 0.349 e. The lowest BCUT2D eigenvalue weighted by atomic mass is 9.92. The molecule has 0 radical (unpaired) electrons. The first-order valence-electron chi connectivity index (χ1n) is 7.88. The lowest BCUT2D eigenvalue weighted by Gasteiger charge is -2.25. The Morgan fingerprint density at radius 3 is 2.95 bits per heavy atom. The normalized spacial score (nSPS) is 16.9. The summed E-state index contributed by atoms with van der Waals surface area (Å²) in [6, 6.07) is 10.2. The number of amides is 1. The molecule has 114 valence electrons. The van der Waals surface area contributed by atoms with Gasteiger partial charge in [-0.15, -0.1) is 0 Å². The Kier molecular flexibility index (Phi) is 4.47. The summed E-state index contributed by atoms with van der Waals surface area (Å²) in [5, 5.41) is 3.15. The average molecular weight is 295 g/mol. The highest BCUT2D eigenvalue weighted by atomic mass is 16.1. The summed E-state index contributed by atoms with van der Waals surface area (Å²) in [5.74, 6) is 0.900. The van der Waals surface area contributed by atoms with E-state index in [0.29, 0.717) is 6.42 Å². The Morgan fingerprint density at radius 2 is 2.14 bits per heavy atom. The molecule has 2 aromatic rings. The molecular formula is C18H21N3O. The zero-order chi connectivity index (χ0) is 15.4. The van der Waals surface area contributed by atoms with E-state index in [-0.39, 0.29) is 11.9 Å². The highest BCUT2D eigenvalue weighted by Gasteiger charge is 2.23. The number of nitrogens with one attached hydrogen (secondary N) is 1. The second-order valence-corrected chi connectivity index (χ2v) is 5.82. The van der Waals surface area contributed by atoms with Crippen LogP contribution in [-0.4, -0.2) is 15.9 Å². The number of hydrogen-bond donors (Lipinski definition) is 1. The van der Waals surface area contributed by atoms with Crippen molar-refractivity contribution in [2.45, 2.75) is 45.1 Å². The molecule has 0 fully saturated rings. The molecule has 0 saturated heterocycles. The number of aryl methyl sites for hydroxylation is 3. The summed E-state index contributed by atoms with van der Waals surface area (Å²) in [6.45, 7) is 1.91. The van der Waals surface area contributed by atoms with Crippen LogP contribution >= 0.6 is 0 Å². The second kappa shape index (κ2) is 6.69. The van der Waals surface area contributed by atoms with E-state index in [9.17, 15) is 4.79 Å². The molecule has 4 heteroatoms. The van der Waals surface area contributed by atoms with Gasteiger partial charge >= 0.3 is 0 Å². The third-order valence-electron chi connectivity index (χ3n) is 4.12. The highest BCUT2D eigenvalue weighted by molar-refractivity contribution is 5.76. The van der Waals surface area contributed by atoms with Crippen LogP contribution in [0.25, 0.3) is 0 Å². The number of nitrogens with zero attached hydrogens (tertiary/aromatic N) is 2. The van der Waals surface area contributed by atoms with Crippen LogP contribution in [0.4, 0.5) is 0 Å². The quantitative estimate of drug-likeness (QED) is 0.943. The van der Waals surface area contributed by atoms with Crippen molar-refractivity contribution >= 4 is 5.91 Å². The molecule has 1 aromatic carbocycles. The van der Waals surface area contributed by atoms with Crippen LogP contribution in [0.5, 0.6) is 0 Å². The van der Waals surface area contributed by atoms with Crippen molar-refractivity contribution in [2.24, 2.45) is 0 Å². The highest BCUT2D eigenvalue weighted by Crippen LogP contribution is 2.28. The third kappa shape index (κ3) is 3.50. The monoisotopic (exact) mass is 295 g/mol. The van der Waals surface area contributed by atoms with Gasteiger partial charge in [0.15, 0.2) is 0 Å². The molecule has 1 atom stereocenters. The predicted octanol–water partition coefficient (Wildman–Crippen LogP) is 2.91. The van der Waals surface area contributed by atoms with E-state index in [1.54, 1.807) is 0 Å². The average Bonchev–Trinajstić information content (AvgIpc) is 2.54. The number of rotatable bonds is 4. The number of carbonyl (C=O) groups excluding carboxylic acids is 1. The minimum atomic E-state index is 0.0626. The van der Waals surface area contributed by atoms with E-state index < -0.39 is 0 Å². The summed E-state index contributed by atoms with van der Waals surface area (Å²) in [4.78, 5) is 21.0. The van der Waals surface area contributed by atoms with Crippen LogP contribution in [0.15, 0.2) is 36.5 Å². The van der Waals surface area contributed by atoms with Crippen LogP contribution in [0.1, 0.15) is 47.9 Å². The Labute approximate surface area is 131 Å². The van der Waals surface area contributed by atoms with Gasteiger partial charge in [0.1, 0.15) is 5.82 Å².